The fraction of sp³-hybridized carbons (Fsp3) is 0.458. The summed E-state index contributed by atoms with van der Waals surface area (Å²) in [6.45, 7) is 1.88. The van der Waals surface area contributed by atoms with Crippen LogP contribution in [0.3, 0.4) is 0 Å². The molecule has 1 aromatic carbocycles. The van der Waals surface area contributed by atoms with Crippen molar-refractivity contribution in [3.63, 3.8) is 0 Å². The van der Waals surface area contributed by atoms with Crippen molar-refractivity contribution < 1.29 is 14.3 Å². The number of aromatic nitrogens is 3. The van der Waals surface area contributed by atoms with E-state index in [0.29, 0.717) is 32.6 Å². The summed E-state index contributed by atoms with van der Waals surface area (Å²) in [6.07, 6.45) is 7.27. The molecule has 2 aromatic heterocycles. The van der Waals surface area contributed by atoms with Crippen LogP contribution in [0.2, 0.25) is 0 Å². The van der Waals surface area contributed by atoms with Gasteiger partial charge in [0, 0.05) is 32.4 Å². The van der Waals surface area contributed by atoms with Crippen LogP contribution in [0, 0.1) is 0 Å². The molecular formula is C24H30N4O3. The van der Waals surface area contributed by atoms with Crippen molar-refractivity contribution in [1.29, 1.82) is 0 Å². The first-order chi connectivity index (χ1) is 15.2. The van der Waals surface area contributed by atoms with E-state index in [2.05, 4.69) is 15.5 Å². The number of ether oxygens (including phenoxy) is 2. The van der Waals surface area contributed by atoms with Gasteiger partial charge < -0.3 is 14.8 Å². The summed E-state index contributed by atoms with van der Waals surface area (Å²) in [6, 6.07) is 13.8. The number of nitrogens with zero attached hydrogens (tertiary/aromatic N) is 3. The van der Waals surface area contributed by atoms with Gasteiger partial charge in [-0.1, -0.05) is 24.6 Å². The summed E-state index contributed by atoms with van der Waals surface area (Å²) in [7, 11) is 1.65. The summed E-state index contributed by atoms with van der Waals surface area (Å²) < 4.78 is 12.8. The third kappa shape index (κ3) is 4.71. The second kappa shape index (κ2) is 9.92. The van der Waals surface area contributed by atoms with Gasteiger partial charge in [0.2, 0.25) is 5.91 Å². The predicted molar refractivity (Wildman–Crippen MR) is 118 cm³/mol. The zero-order chi connectivity index (χ0) is 21.5. The maximum Gasteiger partial charge on any atom is 0.230 e. The lowest BCUT2D eigenvalue weighted by Crippen LogP contribution is -2.48. The van der Waals surface area contributed by atoms with Crippen LogP contribution in [-0.4, -0.2) is 47.4 Å². The lowest BCUT2D eigenvalue weighted by Gasteiger charge is -2.36. The van der Waals surface area contributed by atoms with Gasteiger partial charge in [0.05, 0.1) is 12.5 Å². The van der Waals surface area contributed by atoms with E-state index >= 15 is 0 Å². The number of nitrogens with one attached hydrogen (secondary N) is 1. The van der Waals surface area contributed by atoms with Gasteiger partial charge in [0.25, 0.3) is 0 Å². The standard InChI is InChI=1S/C24H30N4O3/c1-30-20-11-9-19(10-12-20)24(13-17-31-18-14-24)23(29)25-15-5-2-3-7-21-26-27-22-8-4-6-16-28(21)22/h4,6,8-12,16H,2-3,5,7,13-15,17-18H2,1H3,(H,25,29). The number of carbonyl (C=O) groups excluding carboxylic acids is 1. The van der Waals surface area contributed by atoms with E-state index in [1.165, 1.54) is 0 Å². The van der Waals surface area contributed by atoms with Gasteiger partial charge in [0.15, 0.2) is 5.65 Å². The Bertz CT molecular complexity index is 993. The Morgan fingerprint density at radius 1 is 1.10 bits per heavy atom. The molecule has 0 unspecified atom stereocenters. The largest absolute Gasteiger partial charge is 0.497 e. The Hall–Kier alpha value is -2.93. The smallest absolute Gasteiger partial charge is 0.230 e. The summed E-state index contributed by atoms with van der Waals surface area (Å²) in [5.41, 5.74) is 1.39. The van der Waals surface area contributed by atoms with Crippen molar-refractivity contribution in [2.45, 2.75) is 43.9 Å². The van der Waals surface area contributed by atoms with E-state index in [0.717, 1.165) is 48.5 Å². The van der Waals surface area contributed by atoms with Crippen molar-refractivity contribution in [3.05, 3.63) is 60.0 Å². The van der Waals surface area contributed by atoms with E-state index in [-0.39, 0.29) is 5.91 Å². The predicted octanol–water partition coefficient (Wildman–Crippen LogP) is 3.32. The molecule has 1 saturated heterocycles. The van der Waals surface area contributed by atoms with Gasteiger partial charge in [-0.15, -0.1) is 10.2 Å². The highest BCUT2D eigenvalue weighted by atomic mass is 16.5. The number of pyridine rings is 1. The Morgan fingerprint density at radius 2 is 1.90 bits per heavy atom. The number of hydrogen-bond donors (Lipinski definition) is 1. The molecule has 7 heteroatoms. The molecule has 1 N–H and O–H groups in total. The minimum Gasteiger partial charge on any atom is -0.497 e. The van der Waals surface area contributed by atoms with Crippen LogP contribution in [0.25, 0.3) is 5.65 Å². The van der Waals surface area contributed by atoms with Crippen LogP contribution in [0.4, 0.5) is 0 Å². The number of hydrogen-bond acceptors (Lipinski definition) is 5. The van der Waals surface area contributed by atoms with Gasteiger partial charge >= 0.3 is 0 Å². The topological polar surface area (TPSA) is 77.8 Å². The maximum absolute atomic E-state index is 13.2. The fourth-order valence-corrected chi connectivity index (χ4v) is 4.29. The third-order valence-electron chi connectivity index (χ3n) is 6.17. The van der Waals surface area contributed by atoms with Crippen LogP contribution >= 0.6 is 0 Å². The molecule has 31 heavy (non-hydrogen) atoms. The van der Waals surface area contributed by atoms with Crippen LogP contribution in [-0.2, 0) is 21.4 Å². The second-order valence-corrected chi connectivity index (χ2v) is 8.03. The van der Waals surface area contributed by atoms with Crippen LogP contribution < -0.4 is 10.1 Å². The molecule has 1 aliphatic rings. The molecule has 3 heterocycles. The molecule has 164 valence electrons. The molecule has 4 rings (SSSR count). The third-order valence-corrected chi connectivity index (χ3v) is 6.17. The van der Waals surface area contributed by atoms with Gasteiger partial charge in [-0.05, 0) is 55.5 Å². The van der Waals surface area contributed by atoms with Crippen LogP contribution in [0.5, 0.6) is 5.75 Å². The lowest BCUT2D eigenvalue weighted by molar-refractivity contribution is -0.130. The highest BCUT2D eigenvalue weighted by Crippen LogP contribution is 2.36. The maximum atomic E-state index is 13.2. The van der Waals surface area contributed by atoms with Crippen LogP contribution in [0.1, 0.15) is 43.5 Å². The summed E-state index contributed by atoms with van der Waals surface area (Å²) >= 11 is 0. The van der Waals surface area contributed by atoms with Gasteiger partial charge in [-0.2, -0.15) is 0 Å². The second-order valence-electron chi connectivity index (χ2n) is 8.03. The Balaban J connectivity index is 1.28. The molecule has 0 aliphatic carbocycles. The first kappa shape index (κ1) is 21.3. The molecule has 7 nitrogen and oxygen atoms in total. The first-order valence-electron chi connectivity index (χ1n) is 11.0. The number of benzene rings is 1. The molecule has 0 spiro atoms. The zero-order valence-electron chi connectivity index (χ0n) is 18.0. The highest BCUT2D eigenvalue weighted by molar-refractivity contribution is 5.88. The number of aryl methyl sites for hydroxylation is 1. The molecule has 0 atom stereocenters. The van der Waals surface area contributed by atoms with Crippen molar-refractivity contribution in [1.82, 2.24) is 19.9 Å². The Morgan fingerprint density at radius 3 is 2.68 bits per heavy atom. The lowest BCUT2D eigenvalue weighted by atomic mass is 9.73. The summed E-state index contributed by atoms with van der Waals surface area (Å²) in [5, 5.41) is 11.7. The van der Waals surface area contributed by atoms with Crippen molar-refractivity contribution >= 4 is 11.6 Å². The average molecular weight is 423 g/mol. The number of unbranched alkanes of at least 4 members (excludes halogenated alkanes) is 2. The monoisotopic (exact) mass is 422 g/mol. The Labute approximate surface area is 182 Å². The summed E-state index contributed by atoms with van der Waals surface area (Å²) in [5.74, 6) is 1.89. The molecule has 3 aromatic rings. The SMILES string of the molecule is COc1ccc(C2(C(=O)NCCCCCc3nnc4ccccn34)CCOCC2)cc1. The number of carbonyl (C=O) groups is 1. The van der Waals surface area contributed by atoms with Gasteiger partial charge in [-0.25, -0.2) is 0 Å². The van der Waals surface area contributed by atoms with Crippen LogP contribution in [0.15, 0.2) is 48.7 Å². The quantitative estimate of drug-likeness (QED) is 0.535. The summed E-state index contributed by atoms with van der Waals surface area (Å²) in [4.78, 5) is 13.2. The first-order valence-corrected chi connectivity index (χ1v) is 11.0. The number of fused-ring (bicyclic) bond motifs is 1. The number of rotatable bonds is 9. The van der Waals surface area contributed by atoms with E-state index in [9.17, 15) is 4.79 Å². The average Bonchev–Trinajstić information content (AvgIpc) is 3.24. The van der Waals surface area contributed by atoms with E-state index in [4.69, 9.17) is 9.47 Å². The zero-order valence-corrected chi connectivity index (χ0v) is 18.0. The highest BCUT2D eigenvalue weighted by Gasteiger charge is 2.41. The van der Waals surface area contributed by atoms with Crippen molar-refractivity contribution in [2.24, 2.45) is 0 Å². The van der Waals surface area contributed by atoms with E-state index in [1.807, 2.05) is 53.1 Å². The van der Waals surface area contributed by atoms with Gasteiger partial charge in [0.1, 0.15) is 11.6 Å². The number of amides is 1. The molecule has 0 radical (unpaired) electrons. The molecule has 0 saturated carbocycles. The number of methoxy groups -OCH3 is 1. The normalized spacial score (nSPS) is 15.6. The molecule has 1 aliphatic heterocycles. The molecule has 0 bridgehead atoms. The van der Waals surface area contributed by atoms with E-state index < -0.39 is 5.41 Å². The molecular weight excluding hydrogens is 392 g/mol. The van der Waals surface area contributed by atoms with Crippen molar-refractivity contribution in [2.75, 3.05) is 26.9 Å². The van der Waals surface area contributed by atoms with E-state index in [1.54, 1.807) is 7.11 Å². The van der Waals surface area contributed by atoms with Crippen molar-refractivity contribution in [3.8, 4) is 5.75 Å². The fourth-order valence-electron chi connectivity index (χ4n) is 4.29. The van der Waals surface area contributed by atoms with Gasteiger partial charge in [-0.3, -0.25) is 9.20 Å². The minimum atomic E-state index is -0.523. The minimum absolute atomic E-state index is 0.101. The molecule has 1 fully saturated rings. The Kier molecular flexibility index (Phi) is 6.82. The molecule has 1 amide bonds.